The summed E-state index contributed by atoms with van der Waals surface area (Å²) in [6, 6.07) is 8.85. The molecular weight excluding hydrogens is 338 g/mol. The molecule has 1 atom stereocenters. The molecule has 2 aromatic rings. The second kappa shape index (κ2) is 7.57. The molecule has 0 N–H and O–H groups in total. The Kier molecular flexibility index (Phi) is 6.18. The largest absolute Gasteiger partial charge is 1.00 e. The molecule has 116 valence electrons. The van der Waals surface area contributed by atoms with Gasteiger partial charge in [-0.05, 0) is 30.3 Å². The quantitative estimate of drug-likeness (QED) is 0.582. The Hall–Kier alpha value is -0.539. The summed E-state index contributed by atoms with van der Waals surface area (Å²) >= 11 is 0. The van der Waals surface area contributed by atoms with Crippen molar-refractivity contribution in [2.45, 2.75) is 12.5 Å². The molecule has 2 nitrogen and oxygen atoms in total. The first-order chi connectivity index (χ1) is 10.4. The predicted molar refractivity (Wildman–Crippen MR) is 75.2 cm³/mol. The second-order valence-electron chi connectivity index (χ2n) is 5.15. The number of rotatable bonds is 4. The minimum absolute atomic E-state index is 0. The minimum Gasteiger partial charge on any atom is -0.490 e. The van der Waals surface area contributed by atoms with Crippen LogP contribution >= 0.6 is 0 Å². The molecular formula is C15H12BF4KO2. The molecule has 2 aromatic carbocycles. The van der Waals surface area contributed by atoms with Crippen LogP contribution in [-0.4, -0.2) is 19.7 Å². The molecule has 0 aliphatic carbocycles. The summed E-state index contributed by atoms with van der Waals surface area (Å²) in [5, 5.41) is 0. The zero-order valence-electron chi connectivity index (χ0n) is 12.4. The maximum atomic E-state index is 13.1. The first-order valence-electron chi connectivity index (χ1n) is 6.79. The van der Waals surface area contributed by atoms with E-state index in [1.807, 2.05) is 0 Å². The molecule has 8 heteroatoms. The number of fused-ring (bicyclic) bond motifs is 1. The van der Waals surface area contributed by atoms with Crippen molar-refractivity contribution in [1.82, 2.24) is 0 Å². The minimum atomic E-state index is -5.00. The maximum absolute atomic E-state index is 13.1. The van der Waals surface area contributed by atoms with Gasteiger partial charge in [0.1, 0.15) is 30.0 Å². The Bertz CT molecular complexity index is 676. The first-order valence-corrected chi connectivity index (χ1v) is 6.79. The van der Waals surface area contributed by atoms with Gasteiger partial charge in [-0.3, -0.25) is 0 Å². The Labute approximate surface area is 173 Å². The summed E-state index contributed by atoms with van der Waals surface area (Å²) in [5.74, 6) is 0.633. The van der Waals surface area contributed by atoms with Gasteiger partial charge in [-0.25, -0.2) is 4.39 Å². The molecule has 0 radical (unpaired) electrons. The van der Waals surface area contributed by atoms with Gasteiger partial charge in [-0.1, -0.05) is 12.1 Å². The zero-order chi connectivity index (χ0) is 15.7. The third-order valence-corrected chi connectivity index (χ3v) is 3.46. The molecule has 0 saturated heterocycles. The van der Waals surface area contributed by atoms with E-state index in [0.717, 1.165) is 17.7 Å². The van der Waals surface area contributed by atoms with Crippen molar-refractivity contribution in [1.29, 1.82) is 0 Å². The van der Waals surface area contributed by atoms with Crippen LogP contribution in [0.3, 0.4) is 0 Å². The van der Waals surface area contributed by atoms with Crippen LogP contribution in [-0.2, 0) is 6.42 Å². The molecule has 0 bridgehead atoms. The molecule has 0 fully saturated rings. The van der Waals surface area contributed by atoms with E-state index in [1.54, 1.807) is 6.07 Å². The molecule has 1 aliphatic heterocycles. The van der Waals surface area contributed by atoms with Crippen LogP contribution in [0.15, 0.2) is 42.5 Å². The van der Waals surface area contributed by atoms with E-state index in [0.29, 0.717) is 17.9 Å². The number of benzene rings is 2. The van der Waals surface area contributed by atoms with E-state index in [4.69, 9.17) is 9.47 Å². The Balaban J connectivity index is 0.00000192. The normalized spacial score (nSPS) is 16.3. The summed E-state index contributed by atoms with van der Waals surface area (Å²) in [7, 11) is 0. The molecule has 0 amide bonds. The Morgan fingerprint density at radius 3 is 2.43 bits per heavy atom. The molecule has 3 rings (SSSR count). The van der Waals surface area contributed by atoms with E-state index in [1.165, 1.54) is 24.3 Å². The van der Waals surface area contributed by atoms with Crippen LogP contribution in [0.4, 0.5) is 17.3 Å². The first kappa shape index (κ1) is 18.8. The fraction of sp³-hybridized carbons (Fsp3) is 0.200. The summed E-state index contributed by atoms with van der Waals surface area (Å²) in [4.78, 5) is 0. The van der Waals surface area contributed by atoms with Crippen molar-refractivity contribution >= 4 is 12.4 Å². The standard InChI is InChI=1S/C15H12BF4O2.K/c17-12-3-6-15-10(7-12)8-14(22-15)9-21-13-4-1-11(2-5-13)16(18,19)20;/h1-7,14H,8-9H2;/q-1;+1. The molecule has 0 saturated carbocycles. The van der Waals surface area contributed by atoms with Crippen LogP contribution in [0.2, 0.25) is 0 Å². The Morgan fingerprint density at radius 2 is 1.78 bits per heavy atom. The maximum Gasteiger partial charge on any atom is 1.00 e. The smallest absolute Gasteiger partial charge is 0.490 e. The van der Waals surface area contributed by atoms with E-state index in [9.17, 15) is 17.3 Å². The summed E-state index contributed by atoms with van der Waals surface area (Å²) in [6.45, 7) is -4.81. The van der Waals surface area contributed by atoms with Gasteiger partial charge in [0.2, 0.25) is 0 Å². The predicted octanol–water partition coefficient (Wildman–Crippen LogP) is 0.267. The molecule has 0 spiro atoms. The van der Waals surface area contributed by atoms with E-state index >= 15 is 0 Å². The molecule has 1 unspecified atom stereocenters. The topological polar surface area (TPSA) is 18.5 Å². The van der Waals surface area contributed by atoms with Gasteiger partial charge < -0.3 is 22.4 Å². The third-order valence-electron chi connectivity index (χ3n) is 3.46. The summed E-state index contributed by atoms with van der Waals surface area (Å²) in [5.41, 5.74) is 0.107. The summed E-state index contributed by atoms with van der Waals surface area (Å²) in [6.07, 6.45) is 0.236. The Morgan fingerprint density at radius 1 is 1.09 bits per heavy atom. The van der Waals surface area contributed by atoms with Gasteiger partial charge in [-0.2, -0.15) is 0 Å². The molecule has 23 heavy (non-hydrogen) atoms. The third kappa shape index (κ3) is 4.73. The number of ether oxygens (including phenoxy) is 2. The van der Waals surface area contributed by atoms with Crippen molar-refractivity contribution in [3.05, 3.63) is 53.8 Å². The van der Waals surface area contributed by atoms with Crippen LogP contribution in [0.25, 0.3) is 0 Å². The second-order valence-corrected chi connectivity index (χ2v) is 5.15. The number of halogens is 4. The fourth-order valence-electron chi connectivity index (χ4n) is 2.35. The fourth-order valence-corrected chi connectivity index (χ4v) is 2.35. The summed E-state index contributed by atoms with van der Waals surface area (Å²) < 4.78 is 61.6. The van der Waals surface area contributed by atoms with Gasteiger partial charge in [0.25, 0.3) is 0 Å². The van der Waals surface area contributed by atoms with Crippen molar-refractivity contribution < 1.29 is 78.2 Å². The van der Waals surface area contributed by atoms with E-state index in [-0.39, 0.29) is 69.9 Å². The number of hydrogen-bond acceptors (Lipinski definition) is 2. The van der Waals surface area contributed by atoms with Gasteiger partial charge in [-0.15, -0.1) is 5.46 Å². The van der Waals surface area contributed by atoms with E-state index in [2.05, 4.69) is 0 Å². The monoisotopic (exact) mass is 350 g/mol. The van der Waals surface area contributed by atoms with Gasteiger partial charge in [0.15, 0.2) is 0 Å². The zero-order valence-corrected chi connectivity index (χ0v) is 15.6. The van der Waals surface area contributed by atoms with Crippen LogP contribution < -0.4 is 66.3 Å². The molecule has 1 heterocycles. The van der Waals surface area contributed by atoms with Crippen LogP contribution in [0.1, 0.15) is 5.56 Å². The van der Waals surface area contributed by atoms with Gasteiger partial charge in [0, 0.05) is 12.0 Å². The number of hydrogen-bond donors (Lipinski definition) is 0. The average Bonchev–Trinajstić information content (AvgIpc) is 2.86. The van der Waals surface area contributed by atoms with Crippen molar-refractivity contribution in [2.75, 3.05) is 6.61 Å². The van der Waals surface area contributed by atoms with Crippen molar-refractivity contribution in [3.8, 4) is 11.5 Å². The van der Waals surface area contributed by atoms with E-state index < -0.39 is 12.4 Å². The van der Waals surface area contributed by atoms with Crippen LogP contribution in [0, 0.1) is 5.82 Å². The van der Waals surface area contributed by atoms with Gasteiger partial charge in [0.05, 0.1) is 0 Å². The van der Waals surface area contributed by atoms with Crippen molar-refractivity contribution in [2.24, 2.45) is 0 Å². The SMILES string of the molecule is Fc1ccc2c(c1)CC(COc1ccc([B-](F)(F)F)cc1)O2.[K+]. The van der Waals surface area contributed by atoms with Gasteiger partial charge >= 0.3 is 58.4 Å². The van der Waals surface area contributed by atoms with Crippen molar-refractivity contribution in [3.63, 3.8) is 0 Å². The molecule has 0 aromatic heterocycles. The van der Waals surface area contributed by atoms with Crippen LogP contribution in [0.5, 0.6) is 11.5 Å². The average molecular weight is 350 g/mol. The molecule has 1 aliphatic rings.